The van der Waals surface area contributed by atoms with Crippen LogP contribution in [-0.2, 0) is 17.5 Å². The van der Waals surface area contributed by atoms with Gasteiger partial charge in [-0.05, 0) is 51.3 Å². The normalized spacial score (nSPS) is 21.0. The van der Waals surface area contributed by atoms with Crippen molar-refractivity contribution in [2.75, 3.05) is 51.3 Å². The van der Waals surface area contributed by atoms with Crippen molar-refractivity contribution in [2.45, 2.75) is 58.0 Å². The van der Waals surface area contributed by atoms with Crippen LogP contribution in [0.25, 0.3) is 0 Å². The minimum atomic E-state index is -4.32. The van der Waals surface area contributed by atoms with E-state index >= 15 is 0 Å². The first-order valence-electron chi connectivity index (χ1n) is 10.5. The zero-order valence-corrected chi connectivity index (χ0v) is 18.1. The smallest absolute Gasteiger partial charge is 0.381 e. The van der Waals surface area contributed by atoms with Crippen molar-refractivity contribution >= 4 is 5.69 Å². The summed E-state index contributed by atoms with van der Waals surface area (Å²) in [7, 11) is 1.70. The molecule has 0 spiro atoms. The number of piperidine rings is 1. The molecule has 2 fully saturated rings. The van der Waals surface area contributed by atoms with Crippen LogP contribution in [0.4, 0.5) is 18.9 Å². The van der Waals surface area contributed by atoms with E-state index in [0.717, 1.165) is 63.4 Å². The predicted molar refractivity (Wildman–Crippen MR) is 110 cm³/mol. The molecule has 2 saturated heterocycles. The number of nitrogens with zero attached hydrogens (tertiary/aromatic N) is 3. The Morgan fingerprint density at radius 2 is 1.59 bits per heavy atom. The van der Waals surface area contributed by atoms with Gasteiger partial charge >= 0.3 is 6.18 Å². The van der Waals surface area contributed by atoms with Gasteiger partial charge in [0.05, 0.1) is 11.7 Å². The lowest BCUT2D eigenvalue weighted by Gasteiger charge is -2.42. The monoisotopic (exact) mass is 413 g/mol. The van der Waals surface area contributed by atoms with Gasteiger partial charge in [-0.3, -0.25) is 9.80 Å². The standard InChI is InChI=1S/C22H34F3N3O/c1-21(2,3)28-13-11-26(12-14-28)16-17-5-6-18(22(23,24)25)15-20(17)27-9-7-19(29-4)8-10-27/h5-6,15,19H,7-14,16H2,1-4H3. The Balaban J connectivity index is 1.76. The third-order valence-electron chi connectivity index (χ3n) is 6.24. The molecule has 0 bridgehead atoms. The van der Waals surface area contributed by atoms with Crippen LogP contribution in [0.15, 0.2) is 18.2 Å². The summed E-state index contributed by atoms with van der Waals surface area (Å²) in [6.45, 7) is 12.6. The molecule has 29 heavy (non-hydrogen) atoms. The van der Waals surface area contributed by atoms with E-state index in [1.807, 2.05) is 0 Å². The number of halogens is 3. The Morgan fingerprint density at radius 3 is 2.10 bits per heavy atom. The molecule has 4 nitrogen and oxygen atoms in total. The van der Waals surface area contributed by atoms with E-state index in [2.05, 4.69) is 35.5 Å². The maximum Gasteiger partial charge on any atom is 0.416 e. The zero-order chi connectivity index (χ0) is 21.2. The quantitative estimate of drug-likeness (QED) is 0.735. The van der Waals surface area contributed by atoms with Gasteiger partial charge in [0.25, 0.3) is 0 Å². The van der Waals surface area contributed by atoms with Gasteiger partial charge in [-0.1, -0.05) is 6.07 Å². The highest BCUT2D eigenvalue weighted by Gasteiger charge is 2.33. The molecule has 2 aliphatic heterocycles. The second-order valence-electron chi connectivity index (χ2n) is 9.20. The molecule has 1 aromatic carbocycles. The van der Waals surface area contributed by atoms with E-state index in [1.165, 1.54) is 12.1 Å². The lowest BCUT2D eigenvalue weighted by Crippen LogP contribution is -2.53. The highest BCUT2D eigenvalue weighted by Crippen LogP contribution is 2.35. The van der Waals surface area contributed by atoms with Crippen molar-refractivity contribution in [3.05, 3.63) is 29.3 Å². The van der Waals surface area contributed by atoms with E-state index in [1.54, 1.807) is 13.2 Å². The van der Waals surface area contributed by atoms with E-state index < -0.39 is 11.7 Å². The van der Waals surface area contributed by atoms with Crippen LogP contribution in [0, 0.1) is 0 Å². The van der Waals surface area contributed by atoms with Crippen molar-refractivity contribution in [1.82, 2.24) is 9.80 Å². The Hall–Kier alpha value is -1.31. The molecule has 1 aromatic rings. The number of hydrogen-bond donors (Lipinski definition) is 0. The van der Waals surface area contributed by atoms with Crippen molar-refractivity contribution in [3.63, 3.8) is 0 Å². The molecule has 0 unspecified atom stereocenters. The molecule has 0 N–H and O–H groups in total. The first-order chi connectivity index (χ1) is 13.6. The number of alkyl halides is 3. The van der Waals surface area contributed by atoms with Gasteiger partial charge in [-0.15, -0.1) is 0 Å². The van der Waals surface area contributed by atoms with Crippen LogP contribution in [0.3, 0.4) is 0 Å². The van der Waals surface area contributed by atoms with Gasteiger partial charge < -0.3 is 9.64 Å². The Labute approximate surface area is 172 Å². The molecule has 7 heteroatoms. The summed E-state index contributed by atoms with van der Waals surface area (Å²) < 4.78 is 45.4. The van der Waals surface area contributed by atoms with E-state index in [-0.39, 0.29) is 11.6 Å². The first-order valence-corrected chi connectivity index (χ1v) is 10.5. The van der Waals surface area contributed by atoms with Gasteiger partial charge in [0.15, 0.2) is 0 Å². The number of anilines is 1. The van der Waals surface area contributed by atoms with Gasteiger partial charge in [-0.2, -0.15) is 13.2 Å². The average molecular weight is 414 g/mol. The number of methoxy groups -OCH3 is 1. The lowest BCUT2D eigenvalue weighted by molar-refractivity contribution is -0.137. The van der Waals surface area contributed by atoms with Crippen LogP contribution in [0.1, 0.15) is 44.7 Å². The Bertz CT molecular complexity index is 671. The maximum atomic E-state index is 13.3. The summed E-state index contributed by atoms with van der Waals surface area (Å²) in [5, 5.41) is 0. The van der Waals surface area contributed by atoms with Crippen LogP contribution in [0.5, 0.6) is 0 Å². The Morgan fingerprint density at radius 1 is 0.966 bits per heavy atom. The highest BCUT2D eigenvalue weighted by atomic mass is 19.4. The fourth-order valence-corrected chi connectivity index (χ4v) is 4.32. The maximum absolute atomic E-state index is 13.3. The van der Waals surface area contributed by atoms with E-state index in [9.17, 15) is 13.2 Å². The summed E-state index contributed by atoms with van der Waals surface area (Å²) in [5.41, 5.74) is 1.30. The van der Waals surface area contributed by atoms with Gasteiger partial charge in [0, 0.05) is 64.1 Å². The largest absolute Gasteiger partial charge is 0.416 e. The SMILES string of the molecule is COC1CCN(c2cc(C(F)(F)F)ccc2CN2CCN(C(C)(C)C)CC2)CC1. The Kier molecular flexibility index (Phi) is 6.81. The molecule has 0 amide bonds. The summed E-state index contributed by atoms with van der Waals surface area (Å²) in [5.74, 6) is 0. The molecular weight excluding hydrogens is 379 g/mol. The molecule has 0 aromatic heterocycles. The second kappa shape index (κ2) is 8.82. The summed E-state index contributed by atoms with van der Waals surface area (Å²) >= 11 is 0. The molecule has 0 aliphatic carbocycles. The number of hydrogen-bond acceptors (Lipinski definition) is 4. The topological polar surface area (TPSA) is 19.0 Å². The molecule has 0 saturated carbocycles. The van der Waals surface area contributed by atoms with Gasteiger partial charge in [0.2, 0.25) is 0 Å². The van der Waals surface area contributed by atoms with Crippen molar-refractivity contribution < 1.29 is 17.9 Å². The summed E-state index contributed by atoms with van der Waals surface area (Å²) in [6.07, 6.45) is -2.44. The number of ether oxygens (including phenoxy) is 1. The first kappa shape index (κ1) is 22.4. The second-order valence-corrected chi connectivity index (χ2v) is 9.20. The summed E-state index contributed by atoms with van der Waals surface area (Å²) in [4.78, 5) is 6.93. The summed E-state index contributed by atoms with van der Waals surface area (Å²) in [6, 6.07) is 4.25. The number of piperazine rings is 1. The molecule has 2 heterocycles. The fraction of sp³-hybridized carbons (Fsp3) is 0.727. The number of benzene rings is 1. The van der Waals surface area contributed by atoms with E-state index in [0.29, 0.717) is 6.54 Å². The lowest BCUT2D eigenvalue weighted by atomic mass is 10.0. The third-order valence-corrected chi connectivity index (χ3v) is 6.24. The highest BCUT2D eigenvalue weighted by molar-refractivity contribution is 5.56. The van der Waals surface area contributed by atoms with Crippen LogP contribution in [0.2, 0.25) is 0 Å². The molecule has 2 aliphatic rings. The third kappa shape index (κ3) is 5.64. The zero-order valence-electron chi connectivity index (χ0n) is 18.1. The van der Waals surface area contributed by atoms with Crippen molar-refractivity contribution in [3.8, 4) is 0 Å². The average Bonchev–Trinajstić information content (AvgIpc) is 2.67. The van der Waals surface area contributed by atoms with Crippen molar-refractivity contribution in [2.24, 2.45) is 0 Å². The minimum absolute atomic E-state index is 0.150. The molecule has 0 atom stereocenters. The van der Waals surface area contributed by atoms with Crippen LogP contribution in [-0.4, -0.2) is 67.8 Å². The minimum Gasteiger partial charge on any atom is -0.381 e. The van der Waals surface area contributed by atoms with E-state index in [4.69, 9.17) is 4.74 Å². The number of rotatable bonds is 4. The molecule has 3 rings (SSSR count). The van der Waals surface area contributed by atoms with Gasteiger partial charge in [-0.25, -0.2) is 0 Å². The fourth-order valence-electron chi connectivity index (χ4n) is 4.32. The van der Waals surface area contributed by atoms with Crippen molar-refractivity contribution in [1.29, 1.82) is 0 Å². The predicted octanol–water partition coefficient (Wildman–Crippen LogP) is 4.24. The van der Waals surface area contributed by atoms with Crippen LogP contribution < -0.4 is 4.90 Å². The van der Waals surface area contributed by atoms with Crippen LogP contribution >= 0.6 is 0 Å². The van der Waals surface area contributed by atoms with Gasteiger partial charge in [0.1, 0.15) is 0 Å². The molecule has 0 radical (unpaired) electrons. The molecular formula is C22H34F3N3O. The molecule has 164 valence electrons.